The Balaban J connectivity index is 1.39. The molecule has 1 saturated heterocycles. The molecule has 2 N–H and O–H groups in total. The Morgan fingerprint density at radius 3 is 2.23 bits per heavy atom. The van der Waals surface area contributed by atoms with Crippen LogP contribution in [-0.4, -0.2) is 34.4 Å². The molecule has 2 atom stereocenters. The number of aromatic amines is 1. The first kappa shape index (κ1) is 27.8. The summed E-state index contributed by atoms with van der Waals surface area (Å²) in [5, 5.41) is 4.62. The molecule has 5 rings (SSSR count). The van der Waals surface area contributed by atoms with Crippen LogP contribution < -0.4 is 5.32 Å². The number of fused-ring (bicyclic) bond motifs is 1. The number of rotatable bonds is 6. The fourth-order valence-electron chi connectivity index (χ4n) is 5.36. The van der Waals surface area contributed by atoms with Gasteiger partial charge in [0, 0.05) is 47.8 Å². The van der Waals surface area contributed by atoms with Gasteiger partial charge < -0.3 is 15.2 Å². The zero-order valence-electron chi connectivity index (χ0n) is 21.3. The first-order valence-electron chi connectivity index (χ1n) is 12.9. The van der Waals surface area contributed by atoms with E-state index < -0.39 is 41.0 Å². The molecule has 10 heteroatoms. The van der Waals surface area contributed by atoms with Gasteiger partial charge in [-0.05, 0) is 54.7 Å². The van der Waals surface area contributed by atoms with E-state index in [1.54, 1.807) is 0 Å². The number of aromatic nitrogens is 1. The number of likely N-dealkylation sites (tertiary alicyclic amines) is 1. The van der Waals surface area contributed by atoms with Gasteiger partial charge in [-0.25, -0.2) is 0 Å². The maximum Gasteiger partial charge on any atom is 0.416 e. The Hall–Kier alpha value is -3.79. The second-order valence-electron chi connectivity index (χ2n) is 10.1. The molecule has 4 aromatic rings. The van der Waals surface area contributed by atoms with Crippen LogP contribution in [0.4, 0.5) is 26.3 Å². The standard InChI is InChI=1S/C30H27F6N3O/c31-29(32,33)22-13-20(14-23(15-22)30(34,35)36)28(40)39-11-10-24(16-25(39)12-19-6-2-1-3-7-19)37-17-21-18-38-27-9-5-4-8-26(21)27/h1-9,13-15,18,24-25,37-38H,10-12,16-17H2/t24-,25-/m0/s1. The highest BCUT2D eigenvalue weighted by Crippen LogP contribution is 2.37. The number of nitrogens with one attached hydrogen (secondary N) is 2. The number of halogens is 6. The third-order valence-electron chi connectivity index (χ3n) is 7.38. The quantitative estimate of drug-likeness (QED) is 0.245. The summed E-state index contributed by atoms with van der Waals surface area (Å²) in [6, 6.07) is 17.9. The van der Waals surface area contributed by atoms with Crippen LogP contribution in [0.5, 0.6) is 0 Å². The van der Waals surface area contributed by atoms with Crippen LogP contribution in [0.25, 0.3) is 10.9 Å². The largest absolute Gasteiger partial charge is 0.416 e. The normalized spacial score (nSPS) is 18.3. The highest BCUT2D eigenvalue weighted by molar-refractivity contribution is 5.95. The summed E-state index contributed by atoms with van der Waals surface area (Å²) in [7, 11) is 0. The minimum Gasteiger partial charge on any atom is -0.361 e. The van der Waals surface area contributed by atoms with Gasteiger partial charge in [-0.15, -0.1) is 0 Å². The number of para-hydroxylation sites is 1. The minimum atomic E-state index is -5.03. The number of hydrogen-bond acceptors (Lipinski definition) is 2. The molecule has 0 saturated carbocycles. The maximum absolute atomic E-state index is 13.5. The van der Waals surface area contributed by atoms with Crippen molar-refractivity contribution in [1.82, 2.24) is 15.2 Å². The molecule has 0 radical (unpaired) electrons. The average molecular weight is 560 g/mol. The molecule has 40 heavy (non-hydrogen) atoms. The lowest BCUT2D eigenvalue weighted by Gasteiger charge is -2.40. The van der Waals surface area contributed by atoms with Crippen LogP contribution in [-0.2, 0) is 25.3 Å². The van der Waals surface area contributed by atoms with Gasteiger partial charge in [0.05, 0.1) is 11.1 Å². The van der Waals surface area contributed by atoms with Gasteiger partial charge in [0.25, 0.3) is 5.91 Å². The number of alkyl halides is 6. The topological polar surface area (TPSA) is 48.1 Å². The van der Waals surface area contributed by atoms with Gasteiger partial charge >= 0.3 is 12.4 Å². The number of piperidine rings is 1. The van der Waals surface area contributed by atoms with E-state index in [-0.39, 0.29) is 18.7 Å². The molecule has 0 aliphatic carbocycles. The second kappa shape index (κ2) is 11.0. The van der Waals surface area contributed by atoms with E-state index in [0.29, 0.717) is 37.9 Å². The van der Waals surface area contributed by atoms with Crippen molar-refractivity contribution in [2.24, 2.45) is 0 Å². The summed E-state index contributed by atoms with van der Waals surface area (Å²) in [6.07, 6.45) is -6.71. The Morgan fingerprint density at radius 1 is 0.900 bits per heavy atom. The number of carbonyl (C=O) groups is 1. The Kier molecular flexibility index (Phi) is 7.63. The summed E-state index contributed by atoms with van der Waals surface area (Å²) < 4.78 is 80.7. The smallest absolute Gasteiger partial charge is 0.361 e. The summed E-state index contributed by atoms with van der Waals surface area (Å²) >= 11 is 0. The summed E-state index contributed by atoms with van der Waals surface area (Å²) in [6.45, 7) is 0.767. The molecule has 1 aromatic heterocycles. The lowest BCUT2D eigenvalue weighted by Crippen LogP contribution is -2.51. The minimum absolute atomic E-state index is 0.00123. The van der Waals surface area contributed by atoms with E-state index in [2.05, 4.69) is 10.3 Å². The summed E-state index contributed by atoms with van der Waals surface area (Å²) in [5.74, 6) is -0.840. The predicted octanol–water partition coefficient (Wildman–Crippen LogP) is 7.21. The third-order valence-corrected chi connectivity index (χ3v) is 7.38. The van der Waals surface area contributed by atoms with E-state index in [1.807, 2.05) is 60.8 Å². The van der Waals surface area contributed by atoms with Crippen molar-refractivity contribution in [1.29, 1.82) is 0 Å². The average Bonchev–Trinajstić information content (AvgIpc) is 3.34. The molecule has 1 fully saturated rings. The molecule has 2 heterocycles. The first-order valence-corrected chi connectivity index (χ1v) is 12.9. The van der Waals surface area contributed by atoms with Crippen LogP contribution in [0, 0.1) is 0 Å². The number of hydrogen-bond donors (Lipinski definition) is 2. The van der Waals surface area contributed by atoms with Gasteiger partial charge in [-0.1, -0.05) is 48.5 Å². The van der Waals surface area contributed by atoms with Crippen molar-refractivity contribution >= 4 is 16.8 Å². The van der Waals surface area contributed by atoms with E-state index in [1.165, 1.54) is 4.90 Å². The van der Waals surface area contributed by atoms with Crippen LogP contribution in [0.3, 0.4) is 0 Å². The first-order chi connectivity index (χ1) is 19.0. The molecule has 210 valence electrons. The van der Waals surface area contributed by atoms with Crippen molar-refractivity contribution in [3.63, 3.8) is 0 Å². The fourth-order valence-corrected chi connectivity index (χ4v) is 5.36. The predicted molar refractivity (Wildman–Crippen MR) is 140 cm³/mol. The fraction of sp³-hybridized carbons (Fsp3) is 0.300. The molecular formula is C30H27F6N3O. The Bertz CT molecular complexity index is 1450. The lowest BCUT2D eigenvalue weighted by atomic mass is 9.91. The Labute approximate surface area is 227 Å². The molecule has 0 unspecified atom stereocenters. The molecule has 3 aromatic carbocycles. The highest BCUT2D eigenvalue weighted by Gasteiger charge is 2.39. The van der Waals surface area contributed by atoms with Gasteiger partial charge in [0.2, 0.25) is 0 Å². The Morgan fingerprint density at radius 2 is 1.55 bits per heavy atom. The molecule has 0 spiro atoms. The molecular weight excluding hydrogens is 532 g/mol. The molecule has 1 aliphatic heterocycles. The highest BCUT2D eigenvalue weighted by atomic mass is 19.4. The SMILES string of the molecule is O=C(c1cc(C(F)(F)F)cc(C(F)(F)F)c1)N1CC[C@H](NCc2c[nH]c3ccccc23)C[C@@H]1Cc1ccccc1. The van der Waals surface area contributed by atoms with Crippen molar-refractivity contribution < 1.29 is 31.1 Å². The van der Waals surface area contributed by atoms with E-state index >= 15 is 0 Å². The number of H-pyrrole nitrogens is 1. The van der Waals surface area contributed by atoms with Crippen LogP contribution in [0.15, 0.2) is 79.0 Å². The number of nitrogens with zero attached hydrogens (tertiary/aromatic N) is 1. The lowest BCUT2D eigenvalue weighted by molar-refractivity contribution is -0.143. The zero-order valence-corrected chi connectivity index (χ0v) is 21.3. The van der Waals surface area contributed by atoms with E-state index in [9.17, 15) is 31.1 Å². The van der Waals surface area contributed by atoms with Crippen molar-refractivity contribution in [3.8, 4) is 0 Å². The maximum atomic E-state index is 13.5. The number of carbonyl (C=O) groups excluding carboxylic acids is 1. The van der Waals surface area contributed by atoms with E-state index in [0.717, 1.165) is 22.0 Å². The molecule has 1 aliphatic rings. The van der Waals surface area contributed by atoms with Gasteiger partial charge in [0.15, 0.2) is 0 Å². The molecule has 1 amide bonds. The van der Waals surface area contributed by atoms with Gasteiger partial charge in [-0.3, -0.25) is 4.79 Å². The van der Waals surface area contributed by atoms with Crippen molar-refractivity contribution in [3.05, 3.63) is 107 Å². The number of amides is 1. The van der Waals surface area contributed by atoms with E-state index in [4.69, 9.17) is 0 Å². The molecule has 0 bridgehead atoms. The van der Waals surface area contributed by atoms with Crippen LogP contribution in [0.2, 0.25) is 0 Å². The van der Waals surface area contributed by atoms with Crippen LogP contribution in [0.1, 0.15) is 45.5 Å². The molecule has 4 nitrogen and oxygen atoms in total. The van der Waals surface area contributed by atoms with Gasteiger partial charge in [0.1, 0.15) is 0 Å². The van der Waals surface area contributed by atoms with Crippen molar-refractivity contribution in [2.45, 2.75) is 50.2 Å². The van der Waals surface area contributed by atoms with Crippen LogP contribution >= 0.6 is 0 Å². The summed E-state index contributed by atoms with van der Waals surface area (Å²) in [5.41, 5.74) is -0.604. The summed E-state index contributed by atoms with van der Waals surface area (Å²) in [4.78, 5) is 18.2. The monoisotopic (exact) mass is 559 g/mol. The third kappa shape index (κ3) is 6.17. The number of benzene rings is 3. The second-order valence-corrected chi connectivity index (χ2v) is 10.1. The van der Waals surface area contributed by atoms with Crippen molar-refractivity contribution in [2.75, 3.05) is 6.54 Å². The van der Waals surface area contributed by atoms with Gasteiger partial charge in [-0.2, -0.15) is 26.3 Å². The zero-order chi connectivity index (χ0) is 28.5.